The maximum Gasteiger partial charge on any atom is 0.227 e. The van der Waals surface area contributed by atoms with Gasteiger partial charge < -0.3 is 19.7 Å². The van der Waals surface area contributed by atoms with Gasteiger partial charge in [0.2, 0.25) is 11.8 Å². The number of nitrogens with one attached hydrogen (secondary N) is 1. The second-order valence-corrected chi connectivity index (χ2v) is 7.44. The van der Waals surface area contributed by atoms with Crippen molar-refractivity contribution < 1.29 is 19.1 Å². The van der Waals surface area contributed by atoms with E-state index in [1.165, 1.54) is 5.69 Å². The van der Waals surface area contributed by atoms with Crippen molar-refractivity contribution in [1.82, 2.24) is 15.1 Å². The Hall–Kier alpha value is -2.87. The highest BCUT2D eigenvalue weighted by molar-refractivity contribution is 6.00. The number of fused-ring (bicyclic) bond motifs is 1. The van der Waals surface area contributed by atoms with Gasteiger partial charge in [0.15, 0.2) is 0 Å². The molecule has 1 fully saturated rings. The Bertz CT molecular complexity index is 906. The van der Waals surface area contributed by atoms with Gasteiger partial charge in [0.05, 0.1) is 31.9 Å². The minimum atomic E-state index is -0.342. The van der Waals surface area contributed by atoms with Crippen molar-refractivity contribution in [3.8, 4) is 5.75 Å². The highest BCUT2D eigenvalue weighted by atomic mass is 16.5. The van der Waals surface area contributed by atoms with E-state index in [1.54, 1.807) is 12.0 Å². The number of carbonyl (C=O) groups is 2. The lowest BCUT2D eigenvalue weighted by Crippen LogP contribution is -2.34. The van der Waals surface area contributed by atoms with Gasteiger partial charge in [-0.15, -0.1) is 0 Å². The van der Waals surface area contributed by atoms with Crippen molar-refractivity contribution in [2.45, 2.75) is 25.9 Å². The monoisotopic (exact) mass is 398 g/mol. The fraction of sp³-hybridized carbons (Fsp3) is 0.476. The third-order valence-electron chi connectivity index (χ3n) is 5.63. The van der Waals surface area contributed by atoms with E-state index < -0.39 is 0 Å². The number of aryl methyl sites for hydroxylation is 1. The van der Waals surface area contributed by atoms with E-state index in [0.717, 1.165) is 35.7 Å². The van der Waals surface area contributed by atoms with Crippen LogP contribution in [-0.2, 0) is 40.8 Å². The summed E-state index contributed by atoms with van der Waals surface area (Å²) < 4.78 is 12.6. The van der Waals surface area contributed by atoms with Gasteiger partial charge in [0.1, 0.15) is 5.75 Å². The van der Waals surface area contributed by atoms with Crippen LogP contribution in [0, 0.1) is 5.92 Å². The molecule has 29 heavy (non-hydrogen) atoms. The van der Waals surface area contributed by atoms with E-state index in [0.29, 0.717) is 26.1 Å². The van der Waals surface area contributed by atoms with Crippen LogP contribution in [0.15, 0.2) is 24.3 Å². The van der Waals surface area contributed by atoms with E-state index >= 15 is 0 Å². The Morgan fingerprint density at radius 1 is 1.34 bits per heavy atom. The summed E-state index contributed by atoms with van der Waals surface area (Å²) in [6.07, 6.45) is 1.75. The number of ether oxygens (including phenoxy) is 2. The van der Waals surface area contributed by atoms with Crippen molar-refractivity contribution in [3.05, 3.63) is 41.2 Å². The lowest BCUT2D eigenvalue weighted by Gasteiger charge is -2.17. The van der Waals surface area contributed by atoms with Crippen molar-refractivity contribution in [2.75, 3.05) is 31.7 Å². The number of anilines is 1. The first-order valence-electron chi connectivity index (χ1n) is 9.90. The molecule has 154 valence electrons. The summed E-state index contributed by atoms with van der Waals surface area (Å²) in [6.45, 7) is 2.20. The highest BCUT2D eigenvalue weighted by Crippen LogP contribution is 2.27. The fourth-order valence-corrected chi connectivity index (χ4v) is 4.03. The molecule has 0 spiro atoms. The third-order valence-corrected chi connectivity index (χ3v) is 5.63. The molecule has 3 heterocycles. The van der Waals surface area contributed by atoms with Gasteiger partial charge in [-0.1, -0.05) is 0 Å². The van der Waals surface area contributed by atoms with Crippen LogP contribution in [0.4, 0.5) is 5.69 Å². The van der Waals surface area contributed by atoms with Crippen LogP contribution in [-0.4, -0.2) is 48.4 Å². The molecule has 0 bridgehead atoms. The molecular formula is C21H26N4O4. The Morgan fingerprint density at radius 2 is 2.14 bits per heavy atom. The van der Waals surface area contributed by atoms with Gasteiger partial charge in [-0.3, -0.25) is 14.3 Å². The minimum absolute atomic E-state index is 0.0359. The van der Waals surface area contributed by atoms with Crippen LogP contribution in [0.5, 0.6) is 5.75 Å². The fourth-order valence-electron chi connectivity index (χ4n) is 4.03. The van der Waals surface area contributed by atoms with E-state index in [1.807, 2.05) is 36.0 Å². The molecule has 1 aromatic carbocycles. The summed E-state index contributed by atoms with van der Waals surface area (Å²) in [5, 5.41) is 7.55. The summed E-state index contributed by atoms with van der Waals surface area (Å²) in [5.74, 6) is 0.268. The van der Waals surface area contributed by atoms with Gasteiger partial charge >= 0.3 is 0 Å². The molecule has 2 aliphatic rings. The maximum atomic E-state index is 12.6. The van der Waals surface area contributed by atoms with Crippen molar-refractivity contribution >= 4 is 17.5 Å². The molecule has 1 saturated heterocycles. The van der Waals surface area contributed by atoms with Crippen molar-refractivity contribution in [3.63, 3.8) is 0 Å². The number of nitrogens with zero attached hydrogens (tertiary/aromatic N) is 3. The Labute approximate surface area is 169 Å². The summed E-state index contributed by atoms with van der Waals surface area (Å²) in [7, 11) is 3.55. The number of amides is 2. The number of rotatable bonds is 6. The summed E-state index contributed by atoms with van der Waals surface area (Å²) in [4.78, 5) is 26.6. The lowest BCUT2D eigenvalue weighted by atomic mass is 10.1. The quantitative estimate of drug-likeness (QED) is 0.791. The predicted molar refractivity (Wildman–Crippen MR) is 107 cm³/mol. The zero-order valence-electron chi connectivity index (χ0n) is 16.8. The van der Waals surface area contributed by atoms with Crippen molar-refractivity contribution in [1.29, 1.82) is 0 Å². The molecular weight excluding hydrogens is 372 g/mol. The molecule has 1 aromatic heterocycles. The average Bonchev–Trinajstić information content (AvgIpc) is 3.29. The second kappa shape index (κ2) is 8.24. The van der Waals surface area contributed by atoms with E-state index in [9.17, 15) is 9.59 Å². The van der Waals surface area contributed by atoms with E-state index in [2.05, 4.69) is 10.4 Å². The smallest absolute Gasteiger partial charge is 0.227 e. The molecule has 4 rings (SSSR count). The molecule has 0 aliphatic carbocycles. The summed E-state index contributed by atoms with van der Waals surface area (Å²) in [6, 6.07) is 7.30. The topological polar surface area (TPSA) is 85.7 Å². The van der Waals surface area contributed by atoms with Gasteiger partial charge in [-0.2, -0.15) is 5.10 Å². The standard InChI is InChI=1S/C21H26N4O4/c1-24-19-8-10-29-13-17(19)18(23-24)7-9-22-21(27)14-11-20(26)25(12-14)15-3-5-16(28-2)6-4-15/h3-6,14H,7-13H2,1-2H3,(H,22,27). The van der Waals surface area contributed by atoms with Crippen LogP contribution < -0.4 is 15.0 Å². The predicted octanol–water partition coefficient (Wildman–Crippen LogP) is 1.21. The van der Waals surface area contributed by atoms with Crippen LogP contribution in [0.25, 0.3) is 0 Å². The first-order valence-corrected chi connectivity index (χ1v) is 9.90. The first kappa shape index (κ1) is 19.4. The van der Waals surface area contributed by atoms with Crippen LogP contribution >= 0.6 is 0 Å². The van der Waals surface area contributed by atoms with Gasteiger partial charge in [0.25, 0.3) is 0 Å². The van der Waals surface area contributed by atoms with Crippen molar-refractivity contribution in [2.24, 2.45) is 13.0 Å². The molecule has 8 nitrogen and oxygen atoms in total. The van der Waals surface area contributed by atoms with Crippen LogP contribution in [0.3, 0.4) is 0 Å². The average molecular weight is 398 g/mol. The summed E-state index contributed by atoms with van der Waals surface area (Å²) >= 11 is 0. The largest absolute Gasteiger partial charge is 0.497 e. The van der Waals surface area contributed by atoms with Gasteiger partial charge in [-0.05, 0) is 24.3 Å². The zero-order valence-corrected chi connectivity index (χ0v) is 16.8. The number of methoxy groups -OCH3 is 1. The van der Waals surface area contributed by atoms with E-state index in [-0.39, 0.29) is 24.2 Å². The molecule has 1 N–H and O–H groups in total. The maximum absolute atomic E-state index is 12.6. The molecule has 2 aliphatic heterocycles. The molecule has 2 amide bonds. The number of benzene rings is 1. The Kier molecular flexibility index (Phi) is 5.53. The van der Waals surface area contributed by atoms with Gasteiger partial charge in [-0.25, -0.2) is 0 Å². The SMILES string of the molecule is COc1ccc(N2CC(C(=O)NCCc3nn(C)c4c3COCC4)CC2=O)cc1. The van der Waals surface area contributed by atoms with Crippen LogP contribution in [0.1, 0.15) is 23.4 Å². The normalized spacial score (nSPS) is 18.6. The lowest BCUT2D eigenvalue weighted by molar-refractivity contribution is -0.126. The second-order valence-electron chi connectivity index (χ2n) is 7.44. The van der Waals surface area contributed by atoms with Crippen LogP contribution in [0.2, 0.25) is 0 Å². The summed E-state index contributed by atoms with van der Waals surface area (Å²) in [5.41, 5.74) is 4.12. The molecule has 0 saturated carbocycles. The van der Waals surface area contributed by atoms with Gasteiger partial charge in [0, 0.05) is 56.3 Å². The first-order chi connectivity index (χ1) is 14.1. The molecule has 1 unspecified atom stereocenters. The number of hydrogen-bond acceptors (Lipinski definition) is 5. The molecule has 1 atom stereocenters. The van der Waals surface area contributed by atoms with E-state index in [4.69, 9.17) is 9.47 Å². The minimum Gasteiger partial charge on any atom is -0.497 e. The molecule has 8 heteroatoms. The Balaban J connectivity index is 1.32. The number of carbonyl (C=O) groups excluding carboxylic acids is 2. The number of hydrogen-bond donors (Lipinski definition) is 1. The zero-order chi connectivity index (χ0) is 20.4. The molecule has 2 aromatic rings. The molecule has 0 radical (unpaired) electrons. The highest BCUT2D eigenvalue weighted by Gasteiger charge is 2.35. The third kappa shape index (κ3) is 3.98. The number of aromatic nitrogens is 2. The Morgan fingerprint density at radius 3 is 2.90 bits per heavy atom.